The molecule has 0 aromatic heterocycles. The summed E-state index contributed by atoms with van der Waals surface area (Å²) in [5.41, 5.74) is 2.46. The van der Waals surface area contributed by atoms with E-state index in [1.807, 2.05) is 30.3 Å². The van der Waals surface area contributed by atoms with Crippen LogP contribution in [0.3, 0.4) is 0 Å². The summed E-state index contributed by atoms with van der Waals surface area (Å²) in [6.07, 6.45) is 2.11. The van der Waals surface area contributed by atoms with Crippen LogP contribution in [-0.2, 0) is 13.0 Å². The molecule has 0 radical (unpaired) electrons. The Morgan fingerprint density at radius 3 is 2.17 bits per heavy atom. The first-order chi connectivity index (χ1) is 11.7. The van der Waals surface area contributed by atoms with Gasteiger partial charge in [0.15, 0.2) is 0 Å². The fourth-order valence-electron chi connectivity index (χ4n) is 2.56. The molecule has 4 nitrogen and oxygen atoms in total. The van der Waals surface area contributed by atoms with Gasteiger partial charge in [-0.15, -0.1) is 0 Å². The van der Waals surface area contributed by atoms with Gasteiger partial charge < -0.3 is 19.5 Å². The van der Waals surface area contributed by atoms with E-state index in [2.05, 4.69) is 24.4 Å². The largest absolute Gasteiger partial charge is 0.497 e. The molecule has 2 aromatic carbocycles. The molecule has 2 aromatic rings. The van der Waals surface area contributed by atoms with E-state index < -0.39 is 0 Å². The predicted octanol–water partition coefficient (Wildman–Crippen LogP) is 3.82. The van der Waals surface area contributed by atoms with Crippen molar-refractivity contribution in [3.8, 4) is 17.2 Å². The molecule has 0 fully saturated rings. The molecule has 0 aliphatic heterocycles. The van der Waals surface area contributed by atoms with Gasteiger partial charge >= 0.3 is 0 Å². The van der Waals surface area contributed by atoms with Gasteiger partial charge in [-0.3, -0.25) is 0 Å². The van der Waals surface area contributed by atoms with E-state index in [1.165, 1.54) is 5.56 Å². The molecule has 2 rings (SSSR count). The van der Waals surface area contributed by atoms with Gasteiger partial charge in [-0.05, 0) is 43.5 Å². The lowest BCUT2D eigenvalue weighted by molar-refractivity contribution is 0.388. The van der Waals surface area contributed by atoms with E-state index in [-0.39, 0.29) is 0 Å². The van der Waals surface area contributed by atoms with Gasteiger partial charge in [0.2, 0.25) is 0 Å². The molecule has 0 heterocycles. The molecule has 0 bridgehead atoms. The normalized spacial score (nSPS) is 11.8. The smallest absolute Gasteiger partial charge is 0.127 e. The van der Waals surface area contributed by atoms with E-state index in [1.54, 1.807) is 21.3 Å². The van der Waals surface area contributed by atoms with Crippen molar-refractivity contribution in [2.75, 3.05) is 21.3 Å². The van der Waals surface area contributed by atoms with Crippen LogP contribution in [0.25, 0.3) is 0 Å². The minimum atomic E-state index is 0.416. The van der Waals surface area contributed by atoms with Gasteiger partial charge in [-0.25, -0.2) is 0 Å². The molecule has 24 heavy (non-hydrogen) atoms. The van der Waals surface area contributed by atoms with E-state index in [0.29, 0.717) is 6.04 Å². The van der Waals surface area contributed by atoms with Crippen LogP contribution in [0, 0.1) is 0 Å². The van der Waals surface area contributed by atoms with Crippen LogP contribution < -0.4 is 19.5 Å². The lowest BCUT2D eigenvalue weighted by Gasteiger charge is -2.16. The Bertz CT molecular complexity index is 625. The number of rotatable bonds is 9. The molecule has 0 aliphatic carbocycles. The molecular formula is C20H27NO3. The van der Waals surface area contributed by atoms with E-state index in [4.69, 9.17) is 14.2 Å². The zero-order valence-electron chi connectivity index (χ0n) is 15.0. The van der Waals surface area contributed by atoms with Crippen LogP contribution in [0.2, 0.25) is 0 Å². The highest BCUT2D eigenvalue weighted by atomic mass is 16.5. The van der Waals surface area contributed by atoms with Crippen molar-refractivity contribution in [2.24, 2.45) is 0 Å². The molecule has 0 unspecified atom stereocenters. The predicted molar refractivity (Wildman–Crippen MR) is 97.2 cm³/mol. The first-order valence-corrected chi connectivity index (χ1v) is 8.23. The van der Waals surface area contributed by atoms with Crippen LogP contribution in [0.15, 0.2) is 42.5 Å². The molecule has 0 amide bonds. The number of aryl methyl sites for hydroxylation is 1. The highest BCUT2D eigenvalue weighted by molar-refractivity contribution is 5.40. The van der Waals surface area contributed by atoms with Gasteiger partial charge in [0, 0.05) is 24.2 Å². The average molecular weight is 329 g/mol. The molecule has 130 valence electrons. The highest BCUT2D eigenvalue weighted by Crippen LogP contribution is 2.24. The van der Waals surface area contributed by atoms with Gasteiger partial charge in [0.05, 0.1) is 21.3 Å². The van der Waals surface area contributed by atoms with Crippen LogP contribution in [0.1, 0.15) is 24.5 Å². The lowest BCUT2D eigenvalue weighted by atomic mass is 10.1. The standard InChI is InChI=1S/C20H27NO3/c1-15(5-6-16-7-10-18(22-2)11-8-16)21-14-17-9-12-19(23-3)13-20(17)24-4/h7-13,15,21H,5-6,14H2,1-4H3/t15-/m1/s1. The summed E-state index contributed by atoms with van der Waals surface area (Å²) >= 11 is 0. The maximum atomic E-state index is 5.44. The van der Waals surface area contributed by atoms with Gasteiger partial charge in [0.1, 0.15) is 17.2 Å². The zero-order chi connectivity index (χ0) is 17.4. The minimum Gasteiger partial charge on any atom is -0.497 e. The Hall–Kier alpha value is -2.20. The molecule has 0 saturated carbocycles. The molecule has 1 atom stereocenters. The maximum Gasteiger partial charge on any atom is 0.127 e. The summed E-state index contributed by atoms with van der Waals surface area (Å²) in [5, 5.41) is 3.56. The first-order valence-electron chi connectivity index (χ1n) is 8.23. The second-order valence-electron chi connectivity index (χ2n) is 5.85. The third kappa shape index (κ3) is 5.17. The van der Waals surface area contributed by atoms with Crippen molar-refractivity contribution in [1.29, 1.82) is 0 Å². The van der Waals surface area contributed by atoms with Crippen LogP contribution in [-0.4, -0.2) is 27.4 Å². The number of ether oxygens (including phenoxy) is 3. The van der Waals surface area contributed by atoms with Crippen molar-refractivity contribution in [1.82, 2.24) is 5.32 Å². The average Bonchev–Trinajstić information content (AvgIpc) is 2.64. The summed E-state index contributed by atoms with van der Waals surface area (Å²) in [7, 11) is 5.04. The van der Waals surface area contributed by atoms with Gasteiger partial charge in [0.25, 0.3) is 0 Å². The van der Waals surface area contributed by atoms with Crippen LogP contribution in [0.5, 0.6) is 17.2 Å². The van der Waals surface area contributed by atoms with Gasteiger partial charge in [-0.1, -0.05) is 18.2 Å². The molecule has 0 saturated heterocycles. The van der Waals surface area contributed by atoms with Crippen LogP contribution >= 0.6 is 0 Å². The summed E-state index contributed by atoms with van der Waals surface area (Å²) in [4.78, 5) is 0. The first kappa shape index (κ1) is 18.1. The highest BCUT2D eigenvalue weighted by Gasteiger charge is 2.07. The number of benzene rings is 2. The molecular weight excluding hydrogens is 302 g/mol. The quantitative estimate of drug-likeness (QED) is 0.759. The molecule has 1 N–H and O–H groups in total. The Balaban J connectivity index is 1.83. The van der Waals surface area contributed by atoms with Crippen molar-refractivity contribution in [3.05, 3.63) is 53.6 Å². The molecule has 0 spiro atoms. The SMILES string of the molecule is COc1ccc(CC[C@@H](C)NCc2ccc(OC)cc2OC)cc1. The molecule has 4 heteroatoms. The van der Waals surface area contributed by atoms with Crippen molar-refractivity contribution in [3.63, 3.8) is 0 Å². The summed E-state index contributed by atoms with van der Waals surface area (Å²) in [6.45, 7) is 2.98. The van der Waals surface area contributed by atoms with E-state index in [9.17, 15) is 0 Å². The van der Waals surface area contributed by atoms with E-state index in [0.717, 1.165) is 42.2 Å². The summed E-state index contributed by atoms with van der Waals surface area (Å²) in [6, 6.07) is 14.6. The second kappa shape index (κ2) is 9.18. The number of hydrogen-bond acceptors (Lipinski definition) is 4. The Morgan fingerprint density at radius 2 is 1.54 bits per heavy atom. The third-order valence-electron chi connectivity index (χ3n) is 4.16. The van der Waals surface area contributed by atoms with Crippen molar-refractivity contribution >= 4 is 0 Å². The Kier molecular flexibility index (Phi) is 6.94. The summed E-state index contributed by atoms with van der Waals surface area (Å²) < 4.78 is 15.9. The van der Waals surface area contributed by atoms with Crippen molar-refractivity contribution in [2.45, 2.75) is 32.4 Å². The second-order valence-corrected chi connectivity index (χ2v) is 5.85. The third-order valence-corrected chi connectivity index (χ3v) is 4.16. The van der Waals surface area contributed by atoms with Crippen LogP contribution in [0.4, 0.5) is 0 Å². The fraction of sp³-hybridized carbons (Fsp3) is 0.400. The monoisotopic (exact) mass is 329 g/mol. The Morgan fingerprint density at radius 1 is 0.875 bits per heavy atom. The fourth-order valence-corrected chi connectivity index (χ4v) is 2.56. The lowest BCUT2D eigenvalue weighted by Crippen LogP contribution is -2.26. The van der Waals surface area contributed by atoms with Gasteiger partial charge in [-0.2, -0.15) is 0 Å². The van der Waals surface area contributed by atoms with E-state index >= 15 is 0 Å². The summed E-state index contributed by atoms with van der Waals surface area (Å²) in [5.74, 6) is 2.56. The maximum absolute atomic E-state index is 5.44. The molecule has 0 aliphatic rings. The van der Waals surface area contributed by atoms with Crippen molar-refractivity contribution < 1.29 is 14.2 Å². The Labute approximate surface area is 144 Å². The minimum absolute atomic E-state index is 0.416. The number of hydrogen-bond donors (Lipinski definition) is 1. The topological polar surface area (TPSA) is 39.7 Å². The zero-order valence-corrected chi connectivity index (χ0v) is 15.0. The number of nitrogens with one attached hydrogen (secondary N) is 1. The number of methoxy groups -OCH3 is 3.